The second-order valence-corrected chi connectivity index (χ2v) is 5.58. The van der Waals surface area contributed by atoms with Crippen LogP contribution in [0.2, 0.25) is 0 Å². The fourth-order valence-electron chi connectivity index (χ4n) is 2.06. The van der Waals surface area contributed by atoms with E-state index < -0.39 is 5.97 Å². The summed E-state index contributed by atoms with van der Waals surface area (Å²) in [5, 5.41) is 16.9. The fourth-order valence-corrected chi connectivity index (χ4v) is 2.06. The molecule has 1 fully saturated rings. The van der Waals surface area contributed by atoms with Gasteiger partial charge >= 0.3 is 5.97 Å². The molecule has 1 aromatic rings. The van der Waals surface area contributed by atoms with E-state index >= 15 is 0 Å². The molecule has 2 rings (SSSR count). The van der Waals surface area contributed by atoms with Crippen LogP contribution in [0.5, 0.6) is 0 Å². The molecule has 0 saturated heterocycles. The number of aromatic nitrogens is 3. The van der Waals surface area contributed by atoms with E-state index in [1.165, 1.54) is 12.8 Å². The molecule has 0 atom stereocenters. The Labute approximate surface area is 107 Å². The van der Waals surface area contributed by atoms with Crippen LogP contribution in [0.1, 0.15) is 55.7 Å². The summed E-state index contributed by atoms with van der Waals surface area (Å²) in [4.78, 5) is 11.1. The number of carboxylic acids is 1. The van der Waals surface area contributed by atoms with E-state index in [1.807, 2.05) is 0 Å². The van der Waals surface area contributed by atoms with Crippen LogP contribution in [0.25, 0.3) is 0 Å². The lowest BCUT2D eigenvalue weighted by Crippen LogP contribution is -2.10. The number of hydrogen-bond acceptors (Lipinski definition) is 3. The van der Waals surface area contributed by atoms with Gasteiger partial charge in [-0.2, -0.15) is 0 Å². The van der Waals surface area contributed by atoms with Crippen LogP contribution in [-0.2, 0) is 13.0 Å². The van der Waals surface area contributed by atoms with Crippen molar-refractivity contribution in [2.24, 2.45) is 11.8 Å². The summed E-state index contributed by atoms with van der Waals surface area (Å²) < 4.78 is 1.80. The normalized spacial score (nSPS) is 15.3. The zero-order valence-corrected chi connectivity index (χ0v) is 11.1. The van der Waals surface area contributed by atoms with E-state index in [0.29, 0.717) is 5.92 Å². The van der Waals surface area contributed by atoms with Crippen molar-refractivity contribution in [3.05, 3.63) is 11.4 Å². The lowest BCUT2D eigenvalue weighted by molar-refractivity contribution is 0.0689. The minimum absolute atomic E-state index is 0.131. The maximum absolute atomic E-state index is 11.1. The second kappa shape index (κ2) is 5.50. The van der Waals surface area contributed by atoms with Gasteiger partial charge in [-0.05, 0) is 31.1 Å². The number of carboxylic acid groups (broad SMARTS) is 1. The standard InChI is InChI=1S/C13H21N3O2/c1-9(2)3-6-11-12(13(17)18)14-15-16(11)8-7-10-4-5-10/h9-10H,3-8H2,1-2H3,(H,17,18). The molecule has 1 heterocycles. The van der Waals surface area contributed by atoms with Crippen LogP contribution in [0.3, 0.4) is 0 Å². The Morgan fingerprint density at radius 3 is 2.78 bits per heavy atom. The number of rotatable bonds is 7. The van der Waals surface area contributed by atoms with Gasteiger partial charge in [-0.3, -0.25) is 0 Å². The fraction of sp³-hybridized carbons (Fsp3) is 0.769. The van der Waals surface area contributed by atoms with Gasteiger partial charge in [0.25, 0.3) is 0 Å². The first kappa shape index (κ1) is 13.1. The van der Waals surface area contributed by atoms with Crippen molar-refractivity contribution >= 4 is 5.97 Å². The van der Waals surface area contributed by atoms with Gasteiger partial charge in [0.15, 0.2) is 5.69 Å². The molecule has 100 valence electrons. The highest BCUT2D eigenvalue weighted by molar-refractivity contribution is 5.86. The minimum Gasteiger partial charge on any atom is -0.476 e. The third-order valence-corrected chi connectivity index (χ3v) is 3.44. The molecular formula is C13H21N3O2. The number of hydrogen-bond donors (Lipinski definition) is 1. The van der Waals surface area contributed by atoms with E-state index in [4.69, 9.17) is 5.11 Å². The van der Waals surface area contributed by atoms with Crippen LogP contribution < -0.4 is 0 Å². The summed E-state index contributed by atoms with van der Waals surface area (Å²) in [6.45, 7) is 5.08. The third-order valence-electron chi connectivity index (χ3n) is 3.44. The largest absolute Gasteiger partial charge is 0.476 e. The third kappa shape index (κ3) is 3.31. The molecule has 0 unspecified atom stereocenters. The van der Waals surface area contributed by atoms with Crippen molar-refractivity contribution in [2.75, 3.05) is 0 Å². The van der Waals surface area contributed by atoms with Crippen molar-refractivity contribution in [1.82, 2.24) is 15.0 Å². The first-order valence-corrected chi connectivity index (χ1v) is 6.73. The van der Waals surface area contributed by atoms with Crippen LogP contribution in [0.15, 0.2) is 0 Å². The number of carbonyl (C=O) groups is 1. The van der Waals surface area contributed by atoms with Crippen molar-refractivity contribution in [3.8, 4) is 0 Å². The Bertz CT molecular complexity index is 422. The number of aromatic carboxylic acids is 1. The molecule has 18 heavy (non-hydrogen) atoms. The van der Waals surface area contributed by atoms with E-state index in [2.05, 4.69) is 24.2 Å². The molecule has 0 aliphatic heterocycles. The van der Waals surface area contributed by atoms with Gasteiger partial charge in [-0.25, -0.2) is 9.48 Å². The average Bonchev–Trinajstić information content (AvgIpc) is 3.03. The zero-order chi connectivity index (χ0) is 13.1. The van der Waals surface area contributed by atoms with E-state index in [1.54, 1.807) is 4.68 Å². The monoisotopic (exact) mass is 251 g/mol. The highest BCUT2D eigenvalue weighted by Crippen LogP contribution is 2.32. The molecule has 0 amide bonds. The topological polar surface area (TPSA) is 68.0 Å². The maximum atomic E-state index is 11.1. The molecule has 1 N–H and O–H groups in total. The molecule has 1 saturated carbocycles. The molecule has 0 bridgehead atoms. The molecule has 0 radical (unpaired) electrons. The Kier molecular flexibility index (Phi) is 3.99. The van der Waals surface area contributed by atoms with Gasteiger partial charge in [-0.15, -0.1) is 5.10 Å². The Hall–Kier alpha value is -1.39. The molecule has 1 aliphatic rings. The molecule has 5 heteroatoms. The highest BCUT2D eigenvalue weighted by Gasteiger charge is 2.23. The molecule has 0 aromatic carbocycles. The predicted octanol–water partition coefficient (Wildman–Crippen LogP) is 2.37. The van der Waals surface area contributed by atoms with Gasteiger partial charge in [0.1, 0.15) is 0 Å². The van der Waals surface area contributed by atoms with Crippen LogP contribution in [0, 0.1) is 11.8 Å². The molecule has 1 aliphatic carbocycles. The van der Waals surface area contributed by atoms with Crippen molar-refractivity contribution in [3.63, 3.8) is 0 Å². The highest BCUT2D eigenvalue weighted by atomic mass is 16.4. The van der Waals surface area contributed by atoms with Crippen LogP contribution in [-0.4, -0.2) is 26.1 Å². The molecular weight excluding hydrogens is 230 g/mol. The predicted molar refractivity (Wildman–Crippen MR) is 67.5 cm³/mol. The lowest BCUT2D eigenvalue weighted by Gasteiger charge is -2.08. The summed E-state index contributed by atoms with van der Waals surface area (Å²) in [7, 11) is 0. The minimum atomic E-state index is -0.966. The zero-order valence-electron chi connectivity index (χ0n) is 11.1. The lowest BCUT2D eigenvalue weighted by atomic mass is 10.1. The summed E-state index contributed by atoms with van der Waals surface area (Å²) in [6.07, 6.45) is 5.43. The van der Waals surface area contributed by atoms with Crippen LogP contribution in [0.4, 0.5) is 0 Å². The maximum Gasteiger partial charge on any atom is 0.358 e. The quantitative estimate of drug-likeness (QED) is 0.807. The van der Waals surface area contributed by atoms with Gasteiger partial charge < -0.3 is 5.11 Å². The first-order chi connectivity index (χ1) is 8.58. The van der Waals surface area contributed by atoms with E-state index in [9.17, 15) is 4.79 Å². The SMILES string of the molecule is CC(C)CCc1c(C(=O)O)nnn1CCC1CC1. The van der Waals surface area contributed by atoms with Gasteiger partial charge in [0.2, 0.25) is 0 Å². The van der Waals surface area contributed by atoms with E-state index in [0.717, 1.165) is 37.4 Å². The molecule has 0 spiro atoms. The molecule has 1 aromatic heterocycles. The second-order valence-electron chi connectivity index (χ2n) is 5.58. The summed E-state index contributed by atoms with van der Waals surface area (Å²) in [6, 6.07) is 0. The van der Waals surface area contributed by atoms with Gasteiger partial charge in [-0.1, -0.05) is 31.9 Å². The number of nitrogens with zero attached hydrogens (tertiary/aromatic N) is 3. The smallest absolute Gasteiger partial charge is 0.358 e. The summed E-state index contributed by atoms with van der Waals surface area (Å²) in [5.74, 6) is 0.408. The Balaban J connectivity index is 2.07. The Morgan fingerprint density at radius 2 is 2.22 bits per heavy atom. The van der Waals surface area contributed by atoms with Crippen molar-refractivity contribution in [2.45, 2.75) is 52.5 Å². The van der Waals surface area contributed by atoms with Crippen LogP contribution >= 0.6 is 0 Å². The van der Waals surface area contributed by atoms with Crippen molar-refractivity contribution in [1.29, 1.82) is 0 Å². The van der Waals surface area contributed by atoms with Crippen molar-refractivity contribution < 1.29 is 9.90 Å². The Morgan fingerprint density at radius 1 is 1.50 bits per heavy atom. The summed E-state index contributed by atoms with van der Waals surface area (Å²) in [5.41, 5.74) is 0.920. The van der Waals surface area contributed by atoms with E-state index in [-0.39, 0.29) is 5.69 Å². The summed E-state index contributed by atoms with van der Waals surface area (Å²) >= 11 is 0. The molecule has 5 nitrogen and oxygen atoms in total. The van der Waals surface area contributed by atoms with Gasteiger partial charge in [0.05, 0.1) is 5.69 Å². The number of aryl methyl sites for hydroxylation is 1. The average molecular weight is 251 g/mol. The van der Waals surface area contributed by atoms with Gasteiger partial charge in [0, 0.05) is 6.54 Å². The first-order valence-electron chi connectivity index (χ1n) is 6.73.